The smallest absolute Gasteiger partial charge is 0.241 e. The van der Waals surface area contributed by atoms with Crippen LogP contribution in [0, 0.1) is 5.82 Å². The number of aliphatic hydroxyl groups is 1. The Morgan fingerprint density at radius 2 is 2.35 bits per heavy atom. The average molecular weight is 320 g/mol. The molecule has 3 heterocycles. The molecule has 2 aromatic rings. The molecule has 6 nitrogen and oxygen atoms in total. The van der Waals surface area contributed by atoms with Crippen molar-refractivity contribution in [3.63, 3.8) is 0 Å². The quantitative estimate of drug-likeness (QED) is 0.900. The van der Waals surface area contributed by atoms with Crippen LogP contribution < -0.4 is 5.32 Å². The van der Waals surface area contributed by atoms with E-state index in [1.165, 1.54) is 6.20 Å². The molecule has 2 fully saturated rings. The Kier molecular flexibility index (Phi) is 3.50. The van der Waals surface area contributed by atoms with Crippen LogP contribution in [0.2, 0.25) is 0 Å². The van der Waals surface area contributed by atoms with Gasteiger partial charge < -0.3 is 15.2 Å². The summed E-state index contributed by atoms with van der Waals surface area (Å²) in [5.74, 6) is 0.129. The molecular formula is C16H21FN4O2. The Morgan fingerprint density at radius 1 is 1.52 bits per heavy atom. The molecule has 7 heteroatoms. The van der Waals surface area contributed by atoms with E-state index in [0.717, 1.165) is 25.0 Å². The lowest BCUT2D eigenvalue weighted by Crippen LogP contribution is -2.42. The van der Waals surface area contributed by atoms with Crippen LogP contribution in [-0.2, 0) is 10.2 Å². The SMILES string of the molecule is CCC1(c2cc(F)c3cnc(N[C@@H]4CCOC[C@H]4O)nn23)CC1. The third kappa shape index (κ3) is 2.48. The zero-order valence-corrected chi connectivity index (χ0v) is 13.1. The van der Waals surface area contributed by atoms with Crippen molar-refractivity contribution in [1.29, 1.82) is 0 Å². The van der Waals surface area contributed by atoms with E-state index in [-0.39, 0.29) is 17.3 Å². The molecule has 1 saturated carbocycles. The zero-order valence-electron chi connectivity index (χ0n) is 13.1. The number of nitrogens with zero attached hydrogens (tertiary/aromatic N) is 3. The summed E-state index contributed by atoms with van der Waals surface area (Å²) in [7, 11) is 0. The average Bonchev–Trinajstić information content (AvgIpc) is 3.29. The summed E-state index contributed by atoms with van der Waals surface area (Å²) in [6.45, 7) is 3.03. The monoisotopic (exact) mass is 320 g/mol. The van der Waals surface area contributed by atoms with E-state index in [1.54, 1.807) is 10.6 Å². The Bertz CT molecular complexity index is 728. The molecule has 0 radical (unpaired) electrons. The lowest BCUT2D eigenvalue weighted by Gasteiger charge is -2.28. The minimum absolute atomic E-state index is 0.0527. The molecular weight excluding hydrogens is 299 g/mol. The fourth-order valence-corrected chi connectivity index (χ4v) is 3.40. The molecule has 0 aromatic carbocycles. The second-order valence-electron chi connectivity index (χ2n) is 6.57. The zero-order chi connectivity index (χ0) is 16.0. The van der Waals surface area contributed by atoms with Crippen molar-refractivity contribution in [2.45, 2.75) is 50.2 Å². The summed E-state index contributed by atoms with van der Waals surface area (Å²) in [5, 5.41) is 17.6. The van der Waals surface area contributed by atoms with Gasteiger partial charge in [-0.3, -0.25) is 0 Å². The van der Waals surface area contributed by atoms with Crippen LogP contribution in [0.1, 0.15) is 38.3 Å². The van der Waals surface area contributed by atoms with Crippen molar-refractivity contribution in [2.24, 2.45) is 0 Å². The molecule has 1 aliphatic heterocycles. The molecule has 2 atom stereocenters. The fraction of sp³-hybridized carbons (Fsp3) is 0.625. The predicted octanol–water partition coefficient (Wildman–Crippen LogP) is 1.87. The largest absolute Gasteiger partial charge is 0.389 e. The predicted molar refractivity (Wildman–Crippen MR) is 83.0 cm³/mol. The molecule has 0 spiro atoms. The van der Waals surface area contributed by atoms with Crippen molar-refractivity contribution in [1.82, 2.24) is 14.6 Å². The maximum atomic E-state index is 14.2. The Morgan fingerprint density at radius 3 is 3.04 bits per heavy atom. The van der Waals surface area contributed by atoms with E-state index < -0.39 is 6.10 Å². The summed E-state index contributed by atoms with van der Waals surface area (Å²) >= 11 is 0. The highest BCUT2D eigenvalue weighted by Crippen LogP contribution is 2.51. The highest BCUT2D eigenvalue weighted by atomic mass is 19.1. The Labute approximate surface area is 133 Å². The highest BCUT2D eigenvalue weighted by molar-refractivity contribution is 5.52. The lowest BCUT2D eigenvalue weighted by molar-refractivity contribution is -0.0136. The Hall–Kier alpha value is -1.73. The first-order chi connectivity index (χ1) is 11.1. The molecule has 1 aliphatic carbocycles. The number of aromatic nitrogens is 3. The number of hydrogen-bond acceptors (Lipinski definition) is 5. The number of halogens is 1. The second kappa shape index (κ2) is 5.42. The van der Waals surface area contributed by atoms with Crippen LogP contribution in [0.4, 0.5) is 10.3 Å². The van der Waals surface area contributed by atoms with Gasteiger partial charge in [0, 0.05) is 12.0 Å². The first-order valence-electron chi connectivity index (χ1n) is 8.20. The van der Waals surface area contributed by atoms with Crippen molar-refractivity contribution in [3.8, 4) is 0 Å². The normalized spacial score (nSPS) is 26.4. The topological polar surface area (TPSA) is 71.7 Å². The molecule has 23 heavy (non-hydrogen) atoms. The number of ether oxygens (including phenoxy) is 1. The summed E-state index contributed by atoms with van der Waals surface area (Å²) in [6.07, 6.45) is 4.72. The van der Waals surface area contributed by atoms with Crippen LogP contribution in [0.5, 0.6) is 0 Å². The van der Waals surface area contributed by atoms with Crippen LogP contribution in [0.25, 0.3) is 5.52 Å². The van der Waals surface area contributed by atoms with Gasteiger partial charge in [-0.05, 0) is 31.7 Å². The molecule has 1 saturated heterocycles. The van der Waals surface area contributed by atoms with Crippen molar-refractivity contribution in [3.05, 3.63) is 23.8 Å². The van der Waals surface area contributed by atoms with Gasteiger partial charge in [0.15, 0.2) is 5.82 Å². The first-order valence-corrected chi connectivity index (χ1v) is 8.20. The van der Waals surface area contributed by atoms with Crippen LogP contribution in [-0.4, -0.2) is 45.1 Å². The lowest BCUT2D eigenvalue weighted by atomic mass is 10.00. The molecule has 0 unspecified atom stereocenters. The number of fused-ring (bicyclic) bond motifs is 1. The number of aliphatic hydroxyl groups excluding tert-OH is 1. The standard InChI is InChI=1S/C16H21FN4O2/c1-2-16(4-5-16)14-7-10(17)12-8-18-15(20-21(12)14)19-11-3-6-23-9-13(11)22/h7-8,11,13,22H,2-6,9H2,1H3,(H,19,20)/t11-,13-/m1/s1. The summed E-state index contributed by atoms with van der Waals surface area (Å²) < 4.78 is 21.1. The molecule has 2 aromatic heterocycles. The van der Waals surface area contributed by atoms with E-state index in [2.05, 4.69) is 22.3 Å². The highest BCUT2D eigenvalue weighted by Gasteiger charge is 2.45. The number of rotatable bonds is 4. The van der Waals surface area contributed by atoms with Gasteiger partial charge in [0.25, 0.3) is 0 Å². The van der Waals surface area contributed by atoms with Crippen LogP contribution >= 0.6 is 0 Å². The van der Waals surface area contributed by atoms with Gasteiger partial charge >= 0.3 is 0 Å². The first kappa shape index (κ1) is 14.8. The van der Waals surface area contributed by atoms with E-state index >= 15 is 0 Å². The van der Waals surface area contributed by atoms with Gasteiger partial charge in [-0.1, -0.05) is 6.92 Å². The molecule has 0 amide bonds. The van der Waals surface area contributed by atoms with Gasteiger partial charge in [0.2, 0.25) is 5.95 Å². The van der Waals surface area contributed by atoms with Crippen molar-refractivity contribution >= 4 is 11.5 Å². The molecule has 2 N–H and O–H groups in total. The maximum absolute atomic E-state index is 14.2. The van der Waals surface area contributed by atoms with Crippen LogP contribution in [0.15, 0.2) is 12.3 Å². The minimum atomic E-state index is -0.589. The van der Waals surface area contributed by atoms with E-state index in [4.69, 9.17) is 4.74 Å². The maximum Gasteiger partial charge on any atom is 0.241 e. The number of nitrogens with one attached hydrogen (secondary N) is 1. The van der Waals surface area contributed by atoms with E-state index in [0.29, 0.717) is 31.1 Å². The van der Waals surface area contributed by atoms with Crippen LogP contribution in [0.3, 0.4) is 0 Å². The fourth-order valence-electron chi connectivity index (χ4n) is 3.40. The van der Waals surface area contributed by atoms with Crippen molar-refractivity contribution in [2.75, 3.05) is 18.5 Å². The minimum Gasteiger partial charge on any atom is -0.389 e. The van der Waals surface area contributed by atoms with Gasteiger partial charge in [0.05, 0.1) is 30.6 Å². The van der Waals surface area contributed by atoms with E-state index in [1.807, 2.05) is 0 Å². The number of anilines is 1. The summed E-state index contributed by atoms with van der Waals surface area (Å²) in [5.41, 5.74) is 1.38. The van der Waals surface area contributed by atoms with Gasteiger partial charge in [-0.2, -0.15) is 0 Å². The summed E-state index contributed by atoms with van der Waals surface area (Å²) in [4.78, 5) is 4.20. The molecule has 124 valence electrons. The van der Waals surface area contributed by atoms with E-state index in [9.17, 15) is 9.50 Å². The second-order valence-corrected chi connectivity index (χ2v) is 6.57. The molecule has 4 rings (SSSR count). The Balaban J connectivity index is 1.68. The van der Waals surface area contributed by atoms with Gasteiger partial charge in [-0.25, -0.2) is 13.9 Å². The van der Waals surface area contributed by atoms with Crippen molar-refractivity contribution < 1.29 is 14.2 Å². The van der Waals surface area contributed by atoms with Gasteiger partial charge in [-0.15, -0.1) is 5.10 Å². The van der Waals surface area contributed by atoms with Gasteiger partial charge in [0.1, 0.15) is 5.52 Å². The molecule has 0 bridgehead atoms. The summed E-state index contributed by atoms with van der Waals surface area (Å²) in [6, 6.07) is 1.44. The third-order valence-electron chi connectivity index (χ3n) is 5.18. The number of hydrogen-bond donors (Lipinski definition) is 2. The molecule has 2 aliphatic rings. The third-order valence-corrected chi connectivity index (χ3v) is 5.18.